The van der Waals surface area contributed by atoms with Crippen LogP contribution in [0.5, 0.6) is 0 Å². The van der Waals surface area contributed by atoms with Gasteiger partial charge < -0.3 is 15.3 Å². The van der Waals surface area contributed by atoms with Gasteiger partial charge in [-0.15, -0.1) is 0 Å². The van der Waals surface area contributed by atoms with Gasteiger partial charge in [0.05, 0.1) is 0 Å². The highest BCUT2D eigenvalue weighted by molar-refractivity contribution is 9.11. The van der Waals surface area contributed by atoms with Crippen LogP contribution in [0.15, 0.2) is 195 Å². The van der Waals surface area contributed by atoms with E-state index in [9.17, 15) is 15.3 Å². The molecular weight excluding hydrogens is 1010 g/mol. The standard InChI is InChI=1S/C60H39Br3O3/c61-43-19-22-49-46(28-43)52-55(58(49,64)31-34-13-16-37-7-1-4-10-40(37)25-34)53-47-29-44(62)20-23-50(47)59(65,32-35-14-17-38-8-2-5-11-41(38)26-35)57(53)54-48-30-45(63)21-24-51(48)60(66,56(52)54)33-36-15-18-39-9-3-6-12-42(39)27-36/h1-30,64-66H,31-33H2. The topological polar surface area (TPSA) is 60.7 Å². The van der Waals surface area contributed by atoms with Crippen LogP contribution < -0.4 is 0 Å². The third-order valence-electron chi connectivity index (χ3n) is 14.7. The number of fused-ring (bicyclic) bond motifs is 15. The Balaban J connectivity index is 1.17. The van der Waals surface area contributed by atoms with Gasteiger partial charge >= 0.3 is 0 Å². The van der Waals surface area contributed by atoms with Gasteiger partial charge in [-0.05, 0) is 135 Å². The molecular formula is C60H39Br3O3. The summed E-state index contributed by atoms with van der Waals surface area (Å²) < 4.78 is 2.59. The fraction of sp³-hybridized carbons (Fsp3) is 0.100. The van der Waals surface area contributed by atoms with Crippen molar-refractivity contribution < 1.29 is 15.3 Å². The largest absolute Gasteiger partial charge is 0.380 e. The van der Waals surface area contributed by atoms with Gasteiger partial charge in [0.2, 0.25) is 0 Å². The highest BCUT2D eigenvalue weighted by atomic mass is 79.9. The molecule has 0 saturated heterocycles. The summed E-state index contributed by atoms with van der Waals surface area (Å²) in [5, 5.41) is 49.3. The van der Waals surface area contributed by atoms with Crippen LogP contribution in [0.25, 0.3) is 65.7 Å². The zero-order chi connectivity index (χ0) is 44.7. The molecule has 66 heavy (non-hydrogen) atoms. The van der Waals surface area contributed by atoms with Crippen molar-refractivity contribution in [3.05, 3.63) is 245 Å². The van der Waals surface area contributed by atoms with Gasteiger partial charge in [-0.25, -0.2) is 0 Å². The third-order valence-corrected chi connectivity index (χ3v) is 16.1. The summed E-state index contributed by atoms with van der Waals surface area (Å²) in [6.07, 6.45) is 0.788. The maximum absolute atomic E-state index is 14.2. The van der Waals surface area contributed by atoms with E-state index in [2.05, 4.69) is 157 Å². The molecule has 3 atom stereocenters. The molecule has 0 fully saturated rings. The molecule has 318 valence electrons. The maximum Gasteiger partial charge on any atom is 0.120 e. The fourth-order valence-electron chi connectivity index (χ4n) is 11.9. The summed E-state index contributed by atoms with van der Waals surface area (Å²) >= 11 is 11.5. The Morgan fingerprint density at radius 3 is 0.864 bits per heavy atom. The first-order valence-electron chi connectivity index (χ1n) is 22.3. The first-order chi connectivity index (χ1) is 32.0. The molecule has 0 amide bonds. The van der Waals surface area contributed by atoms with Crippen LogP contribution in [0.1, 0.15) is 50.1 Å². The van der Waals surface area contributed by atoms with Gasteiger partial charge in [-0.3, -0.25) is 0 Å². The summed E-state index contributed by atoms with van der Waals surface area (Å²) in [5.41, 5.74) is 7.55. The van der Waals surface area contributed by atoms with Gasteiger partial charge in [0.25, 0.3) is 0 Å². The molecule has 3 nitrogen and oxygen atoms in total. The van der Waals surface area contributed by atoms with Crippen molar-refractivity contribution in [2.24, 2.45) is 0 Å². The quantitative estimate of drug-likeness (QED) is 0.156. The zero-order valence-electron chi connectivity index (χ0n) is 35.4. The van der Waals surface area contributed by atoms with Crippen LogP contribution >= 0.6 is 47.8 Å². The molecule has 3 aliphatic rings. The lowest BCUT2D eigenvalue weighted by Gasteiger charge is -2.34. The van der Waals surface area contributed by atoms with Gasteiger partial charge in [0.15, 0.2) is 0 Å². The van der Waals surface area contributed by atoms with E-state index in [1.54, 1.807) is 0 Å². The second kappa shape index (κ2) is 14.6. The third kappa shape index (κ3) is 5.89. The van der Waals surface area contributed by atoms with Crippen LogP contribution in [0, 0.1) is 0 Å². The molecule has 10 aromatic rings. The Bertz CT molecular complexity index is 3340. The minimum atomic E-state index is -1.58. The summed E-state index contributed by atoms with van der Waals surface area (Å²) in [6.45, 7) is 0. The Kier molecular flexibility index (Phi) is 9.00. The monoisotopic (exact) mass is 1040 g/mol. The SMILES string of the molecule is OC1(Cc2ccc3ccccc3c2)c2ccc(Br)cc2-c2c1c1c(c3c2C(O)(Cc2ccc4ccccc4c2)c2ccc(Br)cc2-3)C(O)(Cc2ccc3ccccc3c2)c2ccc(Br)cc2-1. The van der Waals surface area contributed by atoms with E-state index in [0.717, 1.165) is 112 Å². The second-order valence-corrected chi connectivity index (χ2v) is 21.2. The molecule has 0 aromatic heterocycles. The van der Waals surface area contributed by atoms with Crippen molar-refractivity contribution in [1.29, 1.82) is 0 Å². The van der Waals surface area contributed by atoms with Gasteiger partial charge in [-0.1, -0.05) is 193 Å². The van der Waals surface area contributed by atoms with Crippen LogP contribution in [-0.4, -0.2) is 15.3 Å². The molecule has 6 heteroatoms. The molecule has 0 heterocycles. The Morgan fingerprint density at radius 1 is 0.303 bits per heavy atom. The predicted octanol–water partition coefficient (Wildman–Crippen LogP) is 14.8. The van der Waals surface area contributed by atoms with E-state index < -0.39 is 16.8 Å². The molecule has 13 rings (SSSR count). The molecule has 3 N–H and O–H groups in total. The van der Waals surface area contributed by atoms with Gasteiger partial charge in [0, 0.05) is 49.4 Å². The second-order valence-electron chi connectivity index (χ2n) is 18.5. The van der Waals surface area contributed by atoms with E-state index >= 15 is 0 Å². The minimum absolute atomic E-state index is 0.263. The Morgan fingerprint density at radius 2 is 0.576 bits per heavy atom. The number of rotatable bonds is 6. The van der Waals surface area contributed by atoms with Gasteiger partial charge in [0.1, 0.15) is 16.8 Å². The molecule has 0 radical (unpaired) electrons. The summed E-state index contributed by atoms with van der Waals surface area (Å²) in [5.74, 6) is 0. The zero-order valence-corrected chi connectivity index (χ0v) is 40.2. The molecule has 10 aromatic carbocycles. The van der Waals surface area contributed by atoms with Crippen LogP contribution in [0.3, 0.4) is 0 Å². The van der Waals surface area contributed by atoms with E-state index in [4.69, 9.17) is 0 Å². The smallest absolute Gasteiger partial charge is 0.120 e. The maximum atomic E-state index is 14.2. The predicted molar refractivity (Wildman–Crippen MR) is 278 cm³/mol. The molecule has 0 saturated carbocycles. The van der Waals surface area contributed by atoms with E-state index in [0.29, 0.717) is 16.7 Å². The lowest BCUT2D eigenvalue weighted by molar-refractivity contribution is 0.0784. The van der Waals surface area contributed by atoms with E-state index in [1.807, 2.05) is 72.8 Å². The summed E-state index contributed by atoms with van der Waals surface area (Å²) in [7, 11) is 0. The first kappa shape index (κ1) is 40.6. The summed E-state index contributed by atoms with van der Waals surface area (Å²) in [6, 6.07) is 62.7. The summed E-state index contributed by atoms with van der Waals surface area (Å²) in [4.78, 5) is 0. The highest BCUT2D eigenvalue weighted by Crippen LogP contribution is 2.68. The average molecular weight is 1050 g/mol. The molecule has 0 bridgehead atoms. The molecule has 0 aliphatic heterocycles. The fourth-order valence-corrected chi connectivity index (χ4v) is 13.0. The minimum Gasteiger partial charge on any atom is -0.380 e. The molecule has 0 spiro atoms. The first-order valence-corrected chi connectivity index (χ1v) is 24.6. The van der Waals surface area contributed by atoms with Crippen molar-refractivity contribution in [2.45, 2.75) is 36.1 Å². The lowest BCUT2D eigenvalue weighted by atomic mass is 9.74. The van der Waals surface area contributed by atoms with Crippen molar-refractivity contribution in [3.63, 3.8) is 0 Å². The normalized spacial score (nSPS) is 19.7. The van der Waals surface area contributed by atoms with Crippen molar-refractivity contribution in [3.8, 4) is 33.4 Å². The number of halogens is 3. The molecule has 3 unspecified atom stereocenters. The van der Waals surface area contributed by atoms with E-state index in [-0.39, 0.29) is 19.3 Å². The van der Waals surface area contributed by atoms with Crippen molar-refractivity contribution in [2.75, 3.05) is 0 Å². The Labute approximate surface area is 407 Å². The number of hydrogen-bond acceptors (Lipinski definition) is 3. The number of aliphatic hydroxyl groups is 3. The number of hydrogen-bond donors (Lipinski definition) is 3. The van der Waals surface area contributed by atoms with E-state index in [1.165, 1.54) is 0 Å². The number of benzene rings is 10. The molecule has 3 aliphatic carbocycles. The van der Waals surface area contributed by atoms with Crippen LogP contribution in [0.4, 0.5) is 0 Å². The Hall–Kier alpha value is -5.70. The van der Waals surface area contributed by atoms with Gasteiger partial charge in [-0.2, -0.15) is 0 Å². The highest BCUT2D eigenvalue weighted by Gasteiger charge is 2.58. The lowest BCUT2D eigenvalue weighted by Crippen LogP contribution is -2.33. The van der Waals surface area contributed by atoms with Crippen LogP contribution in [-0.2, 0) is 36.1 Å². The average Bonchev–Trinajstić information content (AvgIpc) is 3.81. The van der Waals surface area contributed by atoms with Crippen LogP contribution in [0.2, 0.25) is 0 Å². The van der Waals surface area contributed by atoms with Crippen molar-refractivity contribution in [1.82, 2.24) is 0 Å². The van der Waals surface area contributed by atoms with Crippen molar-refractivity contribution >= 4 is 80.1 Å².